The molecule has 0 aliphatic heterocycles. The van der Waals surface area contributed by atoms with Gasteiger partial charge in [-0.05, 0) is 79.7 Å². The first kappa shape index (κ1) is 21.1. The maximum Gasteiger partial charge on any atom is 0.323 e. The molecule has 0 spiro atoms. The number of carboxylic acid groups (broad SMARTS) is 1. The third-order valence-corrected chi connectivity index (χ3v) is 7.92. The predicted octanol–water partition coefficient (Wildman–Crippen LogP) is 3.43. The largest absolute Gasteiger partial charge is 0.480 e. The highest BCUT2D eigenvalue weighted by atomic mass is 32.2. The summed E-state index contributed by atoms with van der Waals surface area (Å²) < 4.78 is 29.5. The Balaban J connectivity index is 1.64. The van der Waals surface area contributed by atoms with E-state index >= 15 is 0 Å². The molecule has 2 aromatic rings. The van der Waals surface area contributed by atoms with Crippen LogP contribution in [0.1, 0.15) is 61.2 Å². The minimum atomic E-state index is -3.45. The summed E-state index contributed by atoms with van der Waals surface area (Å²) in [7, 11) is -3.45. The van der Waals surface area contributed by atoms with Gasteiger partial charge in [0.15, 0.2) is 0 Å². The predicted molar refractivity (Wildman–Crippen MR) is 115 cm³/mol. The van der Waals surface area contributed by atoms with E-state index in [1.54, 1.807) is 12.1 Å². The lowest BCUT2D eigenvalue weighted by molar-refractivity contribution is -0.137. The minimum Gasteiger partial charge on any atom is -0.480 e. The molecule has 0 atom stereocenters. The summed E-state index contributed by atoms with van der Waals surface area (Å²) >= 11 is 0. The van der Waals surface area contributed by atoms with Gasteiger partial charge in [0.05, 0.1) is 4.90 Å². The molecule has 4 rings (SSSR count). The van der Waals surface area contributed by atoms with Crippen LogP contribution in [0, 0.1) is 12.3 Å². The Bertz CT molecular complexity index is 1080. The zero-order chi connectivity index (χ0) is 21.7. The molecular formula is C23H30N2O4S. The smallest absolute Gasteiger partial charge is 0.323 e. The number of aliphatic carboxylic acids is 1. The van der Waals surface area contributed by atoms with Crippen molar-refractivity contribution in [3.8, 4) is 0 Å². The zero-order valence-electron chi connectivity index (χ0n) is 17.9. The Morgan fingerprint density at radius 3 is 2.50 bits per heavy atom. The summed E-state index contributed by atoms with van der Waals surface area (Å²) in [6.45, 7) is 6.51. The monoisotopic (exact) mass is 430 g/mol. The van der Waals surface area contributed by atoms with E-state index in [0.717, 1.165) is 49.1 Å². The molecular weight excluding hydrogens is 400 g/mol. The van der Waals surface area contributed by atoms with Crippen molar-refractivity contribution in [2.75, 3.05) is 0 Å². The number of carboxylic acids is 1. The number of nitrogens with one attached hydrogen (secondary N) is 1. The van der Waals surface area contributed by atoms with Crippen molar-refractivity contribution in [3.63, 3.8) is 0 Å². The average molecular weight is 431 g/mol. The maximum absolute atomic E-state index is 12.4. The van der Waals surface area contributed by atoms with Gasteiger partial charge in [0, 0.05) is 17.4 Å². The number of hydrogen-bond acceptors (Lipinski definition) is 3. The molecule has 1 aromatic carbocycles. The Kier molecular flexibility index (Phi) is 5.31. The Morgan fingerprint density at radius 1 is 1.23 bits per heavy atom. The first-order valence-electron chi connectivity index (χ1n) is 10.6. The zero-order valence-corrected chi connectivity index (χ0v) is 18.7. The van der Waals surface area contributed by atoms with Gasteiger partial charge in [0.25, 0.3) is 0 Å². The van der Waals surface area contributed by atoms with Gasteiger partial charge < -0.3 is 9.67 Å². The summed E-state index contributed by atoms with van der Waals surface area (Å²) in [4.78, 5) is 11.7. The molecule has 162 valence electrons. The molecule has 0 bridgehead atoms. The van der Waals surface area contributed by atoms with Crippen LogP contribution in [-0.4, -0.2) is 30.1 Å². The van der Waals surface area contributed by atoms with E-state index in [1.165, 1.54) is 11.1 Å². The van der Waals surface area contributed by atoms with E-state index < -0.39 is 16.0 Å². The van der Waals surface area contributed by atoms with E-state index in [-0.39, 0.29) is 18.0 Å². The SMILES string of the molecule is Cc1c(Cc2ccc(S(=O)(=O)NC3CC3)cc2)c2c(n1CC(=O)O)CCC(C)(C)C2. The number of fused-ring (bicyclic) bond motifs is 1. The third-order valence-electron chi connectivity index (χ3n) is 6.38. The second-order valence-corrected chi connectivity index (χ2v) is 11.2. The van der Waals surface area contributed by atoms with E-state index in [2.05, 4.69) is 18.6 Å². The van der Waals surface area contributed by atoms with Gasteiger partial charge in [-0.25, -0.2) is 13.1 Å². The van der Waals surface area contributed by atoms with Crippen molar-refractivity contribution in [2.24, 2.45) is 5.41 Å². The number of aromatic nitrogens is 1. The second-order valence-electron chi connectivity index (χ2n) is 9.53. The summed E-state index contributed by atoms with van der Waals surface area (Å²) in [5, 5.41) is 9.38. The van der Waals surface area contributed by atoms with E-state index in [0.29, 0.717) is 11.3 Å². The van der Waals surface area contributed by atoms with Crippen LogP contribution in [0.2, 0.25) is 0 Å². The quantitative estimate of drug-likeness (QED) is 0.704. The first-order chi connectivity index (χ1) is 14.1. The fraction of sp³-hybridized carbons (Fsp3) is 0.522. The molecule has 1 fully saturated rings. The molecule has 2 aliphatic carbocycles. The van der Waals surface area contributed by atoms with Gasteiger partial charge in [-0.2, -0.15) is 0 Å². The number of sulfonamides is 1. The van der Waals surface area contributed by atoms with E-state index in [1.807, 2.05) is 23.6 Å². The number of hydrogen-bond donors (Lipinski definition) is 2. The molecule has 7 heteroatoms. The van der Waals surface area contributed by atoms with Crippen LogP contribution in [-0.2, 0) is 40.6 Å². The number of rotatable bonds is 7. The highest BCUT2D eigenvalue weighted by Gasteiger charge is 2.32. The van der Waals surface area contributed by atoms with Crippen molar-refractivity contribution in [2.45, 2.75) is 76.8 Å². The Labute approximate surface area is 178 Å². The van der Waals surface area contributed by atoms with Gasteiger partial charge in [-0.15, -0.1) is 0 Å². The molecule has 30 heavy (non-hydrogen) atoms. The molecule has 0 saturated heterocycles. The molecule has 2 N–H and O–H groups in total. The maximum atomic E-state index is 12.4. The second kappa shape index (κ2) is 7.54. The van der Waals surface area contributed by atoms with E-state index in [9.17, 15) is 18.3 Å². The molecule has 2 aliphatic rings. The molecule has 0 radical (unpaired) electrons. The molecule has 0 amide bonds. The Morgan fingerprint density at radius 2 is 1.90 bits per heavy atom. The van der Waals surface area contributed by atoms with Crippen molar-refractivity contribution in [1.29, 1.82) is 0 Å². The van der Waals surface area contributed by atoms with Crippen LogP contribution in [0.5, 0.6) is 0 Å². The molecule has 6 nitrogen and oxygen atoms in total. The van der Waals surface area contributed by atoms with Crippen molar-refractivity contribution in [1.82, 2.24) is 9.29 Å². The molecule has 1 aromatic heterocycles. The number of benzene rings is 1. The third kappa shape index (κ3) is 4.32. The topological polar surface area (TPSA) is 88.4 Å². The number of carbonyl (C=O) groups is 1. The Hall–Kier alpha value is -2.12. The average Bonchev–Trinajstić information content (AvgIpc) is 3.43. The lowest BCUT2D eigenvalue weighted by Crippen LogP contribution is -2.25. The van der Waals surface area contributed by atoms with Crippen molar-refractivity contribution < 1.29 is 18.3 Å². The summed E-state index contributed by atoms with van der Waals surface area (Å²) in [5.41, 5.74) is 5.84. The first-order valence-corrected chi connectivity index (χ1v) is 12.1. The normalized spacial score (nSPS) is 18.2. The van der Waals surface area contributed by atoms with Gasteiger partial charge >= 0.3 is 5.97 Å². The number of nitrogens with zero attached hydrogens (tertiary/aromatic N) is 1. The van der Waals surface area contributed by atoms with Crippen LogP contribution in [0.3, 0.4) is 0 Å². The standard InChI is InChI=1S/C23H30N2O4S/c1-15-19(20-13-23(2,3)11-10-21(20)25(15)14-22(26)27)12-16-4-8-18(9-5-16)30(28,29)24-17-6-7-17/h4-5,8-9,17,24H,6-7,10-14H2,1-3H3,(H,26,27). The fourth-order valence-corrected chi connectivity index (χ4v) is 5.81. The molecule has 0 unspecified atom stereocenters. The van der Waals surface area contributed by atoms with Gasteiger partial charge in [-0.3, -0.25) is 4.79 Å². The van der Waals surface area contributed by atoms with Crippen LogP contribution < -0.4 is 4.72 Å². The van der Waals surface area contributed by atoms with E-state index in [4.69, 9.17) is 0 Å². The van der Waals surface area contributed by atoms with Crippen LogP contribution in [0.25, 0.3) is 0 Å². The van der Waals surface area contributed by atoms with Gasteiger partial charge in [0.2, 0.25) is 10.0 Å². The van der Waals surface area contributed by atoms with Gasteiger partial charge in [-0.1, -0.05) is 26.0 Å². The van der Waals surface area contributed by atoms with Crippen molar-refractivity contribution >= 4 is 16.0 Å². The van der Waals surface area contributed by atoms with Crippen LogP contribution >= 0.6 is 0 Å². The van der Waals surface area contributed by atoms with Crippen LogP contribution in [0.15, 0.2) is 29.2 Å². The fourth-order valence-electron chi connectivity index (χ4n) is 4.50. The molecule has 1 saturated carbocycles. The molecule has 1 heterocycles. The highest BCUT2D eigenvalue weighted by molar-refractivity contribution is 7.89. The summed E-state index contributed by atoms with van der Waals surface area (Å²) in [6.07, 6.45) is 5.36. The highest BCUT2D eigenvalue weighted by Crippen LogP contribution is 2.39. The lowest BCUT2D eigenvalue weighted by Gasteiger charge is -2.31. The lowest BCUT2D eigenvalue weighted by atomic mass is 9.75. The summed E-state index contributed by atoms with van der Waals surface area (Å²) in [5.74, 6) is -0.829. The van der Waals surface area contributed by atoms with Crippen molar-refractivity contribution in [3.05, 3.63) is 52.3 Å². The van der Waals surface area contributed by atoms with Crippen LogP contribution in [0.4, 0.5) is 0 Å². The summed E-state index contributed by atoms with van der Waals surface area (Å²) in [6, 6.07) is 7.16. The minimum absolute atomic E-state index is 0.0153. The van der Waals surface area contributed by atoms with Gasteiger partial charge in [0.1, 0.15) is 6.54 Å².